The van der Waals surface area contributed by atoms with Crippen molar-refractivity contribution in [2.24, 2.45) is 0 Å². The van der Waals surface area contributed by atoms with E-state index < -0.39 is 6.10 Å². The topological polar surface area (TPSA) is 49.5 Å². The molecule has 0 bridgehead atoms. The molecule has 1 aliphatic rings. The van der Waals surface area contributed by atoms with E-state index in [9.17, 15) is 5.11 Å². The van der Waals surface area contributed by atoms with Gasteiger partial charge in [-0.25, -0.2) is 0 Å². The third-order valence-electron chi connectivity index (χ3n) is 3.95. The second kappa shape index (κ2) is 5.55. The molecule has 0 aliphatic carbocycles. The van der Waals surface area contributed by atoms with E-state index in [1.54, 1.807) is 0 Å². The van der Waals surface area contributed by atoms with Crippen molar-refractivity contribution >= 4 is 11.4 Å². The number of fused-ring (bicyclic) bond motifs is 1. The fourth-order valence-electron chi connectivity index (χ4n) is 2.85. The zero-order chi connectivity index (χ0) is 13.9. The van der Waals surface area contributed by atoms with Crippen LogP contribution in [0.3, 0.4) is 0 Å². The fourth-order valence-corrected chi connectivity index (χ4v) is 2.85. The number of aliphatic hydroxyl groups excluding tert-OH is 1. The highest BCUT2D eigenvalue weighted by atomic mass is 16.3. The molecule has 1 unspecified atom stereocenters. The number of aliphatic hydroxyl groups is 1. The molecule has 0 spiro atoms. The number of hydrogen-bond donors (Lipinski definition) is 2. The van der Waals surface area contributed by atoms with Gasteiger partial charge in [-0.05, 0) is 42.2 Å². The Morgan fingerprint density at radius 3 is 2.85 bits per heavy atom. The van der Waals surface area contributed by atoms with Gasteiger partial charge in [0.25, 0.3) is 0 Å². The van der Waals surface area contributed by atoms with Crippen LogP contribution in [0.4, 0.5) is 11.4 Å². The highest BCUT2D eigenvalue weighted by Crippen LogP contribution is 2.28. The SMILES string of the molecule is Nc1cccc(C(O)CCN2CCc3ccccc32)c1. The second-order valence-corrected chi connectivity index (χ2v) is 5.34. The van der Waals surface area contributed by atoms with Crippen LogP contribution in [0.1, 0.15) is 23.7 Å². The first-order chi connectivity index (χ1) is 9.74. The predicted octanol–water partition coefficient (Wildman–Crippen LogP) is 2.76. The summed E-state index contributed by atoms with van der Waals surface area (Å²) in [7, 11) is 0. The minimum Gasteiger partial charge on any atom is -0.399 e. The summed E-state index contributed by atoms with van der Waals surface area (Å²) in [6.45, 7) is 1.91. The Morgan fingerprint density at radius 1 is 1.15 bits per heavy atom. The van der Waals surface area contributed by atoms with Crippen molar-refractivity contribution < 1.29 is 5.11 Å². The Kier molecular flexibility index (Phi) is 3.61. The van der Waals surface area contributed by atoms with Crippen molar-refractivity contribution in [1.29, 1.82) is 0 Å². The molecule has 3 nitrogen and oxygen atoms in total. The van der Waals surface area contributed by atoms with Crippen LogP contribution in [0.15, 0.2) is 48.5 Å². The van der Waals surface area contributed by atoms with Crippen LogP contribution in [0.5, 0.6) is 0 Å². The van der Waals surface area contributed by atoms with Crippen LogP contribution < -0.4 is 10.6 Å². The number of nitrogens with two attached hydrogens (primary N) is 1. The van der Waals surface area contributed by atoms with E-state index in [4.69, 9.17) is 5.73 Å². The predicted molar refractivity (Wildman–Crippen MR) is 82.8 cm³/mol. The summed E-state index contributed by atoms with van der Waals surface area (Å²) in [6, 6.07) is 16.0. The first kappa shape index (κ1) is 13.0. The van der Waals surface area contributed by atoms with Gasteiger partial charge >= 0.3 is 0 Å². The van der Waals surface area contributed by atoms with Gasteiger partial charge in [-0.15, -0.1) is 0 Å². The van der Waals surface area contributed by atoms with Crippen LogP contribution in [0.2, 0.25) is 0 Å². The molecule has 2 aromatic rings. The average molecular weight is 268 g/mol. The normalized spacial score (nSPS) is 15.2. The Balaban J connectivity index is 1.63. The van der Waals surface area contributed by atoms with Crippen LogP contribution in [-0.4, -0.2) is 18.2 Å². The lowest BCUT2D eigenvalue weighted by molar-refractivity contribution is 0.169. The third-order valence-corrected chi connectivity index (χ3v) is 3.95. The quantitative estimate of drug-likeness (QED) is 0.838. The smallest absolute Gasteiger partial charge is 0.0807 e. The van der Waals surface area contributed by atoms with Crippen LogP contribution in [0.25, 0.3) is 0 Å². The van der Waals surface area contributed by atoms with Gasteiger partial charge < -0.3 is 15.7 Å². The molecule has 3 rings (SSSR count). The fraction of sp³-hybridized carbons (Fsp3) is 0.294. The standard InChI is InChI=1S/C17H20N2O/c18-15-6-3-5-14(12-15)17(20)9-11-19-10-8-13-4-1-2-7-16(13)19/h1-7,12,17,20H,8-11,18H2. The Morgan fingerprint density at radius 2 is 2.00 bits per heavy atom. The number of hydrogen-bond acceptors (Lipinski definition) is 3. The molecule has 0 amide bonds. The molecule has 1 heterocycles. The molecule has 20 heavy (non-hydrogen) atoms. The maximum atomic E-state index is 10.3. The Hall–Kier alpha value is -2.00. The van der Waals surface area contributed by atoms with Gasteiger partial charge in [0.15, 0.2) is 0 Å². The minimum absolute atomic E-state index is 0.453. The number of anilines is 2. The number of benzene rings is 2. The summed E-state index contributed by atoms with van der Waals surface area (Å²) >= 11 is 0. The van der Waals surface area contributed by atoms with E-state index in [2.05, 4.69) is 29.2 Å². The lowest BCUT2D eigenvalue weighted by atomic mass is 10.1. The summed E-state index contributed by atoms with van der Waals surface area (Å²) in [5.41, 5.74) is 10.1. The van der Waals surface area contributed by atoms with Gasteiger partial charge in [-0.2, -0.15) is 0 Å². The lowest BCUT2D eigenvalue weighted by Gasteiger charge is -2.21. The van der Waals surface area contributed by atoms with E-state index in [1.807, 2.05) is 24.3 Å². The van der Waals surface area contributed by atoms with Crippen molar-refractivity contribution in [2.45, 2.75) is 18.9 Å². The summed E-state index contributed by atoms with van der Waals surface area (Å²) in [5, 5.41) is 10.3. The molecule has 3 N–H and O–H groups in total. The van der Waals surface area contributed by atoms with E-state index in [0.29, 0.717) is 5.69 Å². The van der Waals surface area contributed by atoms with Crippen molar-refractivity contribution in [3.8, 4) is 0 Å². The second-order valence-electron chi connectivity index (χ2n) is 5.34. The van der Waals surface area contributed by atoms with Crippen molar-refractivity contribution in [2.75, 3.05) is 23.7 Å². The van der Waals surface area contributed by atoms with Gasteiger partial charge in [0.05, 0.1) is 6.10 Å². The summed E-state index contributed by atoms with van der Waals surface area (Å²) < 4.78 is 0. The molecule has 104 valence electrons. The first-order valence-corrected chi connectivity index (χ1v) is 7.10. The zero-order valence-electron chi connectivity index (χ0n) is 11.5. The molecule has 0 aromatic heterocycles. The minimum atomic E-state index is -0.453. The molecular weight excluding hydrogens is 248 g/mol. The highest BCUT2D eigenvalue weighted by molar-refractivity contribution is 5.57. The zero-order valence-corrected chi connectivity index (χ0v) is 11.5. The first-order valence-electron chi connectivity index (χ1n) is 7.10. The van der Waals surface area contributed by atoms with E-state index in [1.165, 1.54) is 11.3 Å². The molecule has 3 heteroatoms. The third kappa shape index (κ3) is 2.63. The average Bonchev–Trinajstić information content (AvgIpc) is 2.88. The Bertz CT molecular complexity index is 597. The molecule has 2 aromatic carbocycles. The van der Waals surface area contributed by atoms with E-state index in [0.717, 1.165) is 31.5 Å². The number of nitrogen functional groups attached to an aromatic ring is 1. The van der Waals surface area contributed by atoms with Gasteiger partial charge in [0.1, 0.15) is 0 Å². The van der Waals surface area contributed by atoms with Crippen molar-refractivity contribution in [3.63, 3.8) is 0 Å². The number of para-hydroxylation sites is 1. The monoisotopic (exact) mass is 268 g/mol. The van der Waals surface area contributed by atoms with Crippen LogP contribution >= 0.6 is 0 Å². The molecular formula is C17H20N2O. The molecule has 1 aliphatic heterocycles. The maximum Gasteiger partial charge on any atom is 0.0807 e. The van der Waals surface area contributed by atoms with Gasteiger partial charge in [-0.1, -0.05) is 30.3 Å². The van der Waals surface area contributed by atoms with E-state index in [-0.39, 0.29) is 0 Å². The summed E-state index contributed by atoms with van der Waals surface area (Å²) in [5.74, 6) is 0. The number of rotatable bonds is 4. The summed E-state index contributed by atoms with van der Waals surface area (Å²) in [4.78, 5) is 2.35. The lowest BCUT2D eigenvalue weighted by Crippen LogP contribution is -2.23. The molecule has 1 atom stereocenters. The van der Waals surface area contributed by atoms with Crippen LogP contribution in [0, 0.1) is 0 Å². The van der Waals surface area contributed by atoms with Gasteiger partial charge in [-0.3, -0.25) is 0 Å². The van der Waals surface area contributed by atoms with E-state index >= 15 is 0 Å². The molecule has 0 radical (unpaired) electrons. The molecule has 0 saturated heterocycles. The molecule has 0 saturated carbocycles. The van der Waals surface area contributed by atoms with Crippen LogP contribution in [-0.2, 0) is 6.42 Å². The largest absolute Gasteiger partial charge is 0.399 e. The number of nitrogens with zero attached hydrogens (tertiary/aromatic N) is 1. The molecule has 0 fully saturated rings. The van der Waals surface area contributed by atoms with Gasteiger partial charge in [0.2, 0.25) is 0 Å². The van der Waals surface area contributed by atoms with Crippen molar-refractivity contribution in [3.05, 3.63) is 59.7 Å². The van der Waals surface area contributed by atoms with Crippen molar-refractivity contribution in [1.82, 2.24) is 0 Å². The maximum absolute atomic E-state index is 10.3. The summed E-state index contributed by atoms with van der Waals surface area (Å²) in [6.07, 6.45) is 1.37. The Labute approximate surface area is 119 Å². The highest BCUT2D eigenvalue weighted by Gasteiger charge is 2.19. The van der Waals surface area contributed by atoms with Gasteiger partial charge in [0, 0.05) is 24.5 Å².